The van der Waals surface area contributed by atoms with Gasteiger partial charge in [-0.3, -0.25) is 13.9 Å². The number of nitrogens with zero attached hydrogens (tertiary/aromatic N) is 2. The standard InChI is InChI=1S/C26H36N4O6S2/c1-4-5-6-7-8-17-38(35,36)21-12-9-19(10-13-21)28-25(31)22-14-11-20(30-16-15-23(27)26(30)32)18-24(22)29(2)37(3,33)34/h9-14,18,23H,4-8,15-17,27H2,1-3H3,(H,28,31)/t23-/m1/s1. The molecule has 0 bridgehead atoms. The Kier molecular flexibility index (Phi) is 9.55. The monoisotopic (exact) mass is 564 g/mol. The first-order valence-electron chi connectivity index (χ1n) is 12.6. The first kappa shape index (κ1) is 29.6. The van der Waals surface area contributed by atoms with Gasteiger partial charge in [-0.05, 0) is 55.3 Å². The molecule has 0 aromatic heterocycles. The van der Waals surface area contributed by atoms with E-state index >= 15 is 0 Å². The molecule has 2 aromatic carbocycles. The Hall–Kier alpha value is -2.96. The van der Waals surface area contributed by atoms with Crippen LogP contribution in [0, 0.1) is 0 Å². The molecule has 3 rings (SSSR count). The van der Waals surface area contributed by atoms with Gasteiger partial charge in [0, 0.05) is 25.0 Å². The molecule has 208 valence electrons. The van der Waals surface area contributed by atoms with E-state index < -0.39 is 31.8 Å². The van der Waals surface area contributed by atoms with Crippen molar-refractivity contribution in [3.05, 3.63) is 48.0 Å². The van der Waals surface area contributed by atoms with E-state index in [4.69, 9.17) is 5.73 Å². The van der Waals surface area contributed by atoms with Gasteiger partial charge in [0.1, 0.15) is 0 Å². The van der Waals surface area contributed by atoms with Crippen LogP contribution in [0.5, 0.6) is 0 Å². The Morgan fingerprint density at radius 1 is 1.05 bits per heavy atom. The molecule has 3 N–H and O–H groups in total. The molecule has 2 aromatic rings. The van der Waals surface area contributed by atoms with Gasteiger partial charge in [-0.2, -0.15) is 0 Å². The fourth-order valence-electron chi connectivity index (χ4n) is 4.23. The van der Waals surface area contributed by atoms with Crippen molar-refractivity contribution in [3.8, 4) is 0 Å². The number of carbonyl (C=O) groups excluding carboxylic acids is 2. The van der Waals surface area contributed by atoms with Gasteiger partial charge in [-0.15, -0.1) is 0 Å². The minimum atomic E-state index is -3.73. The number of sulfone groups is 1. The van der Waals surface area contributed by atoms with Crippen molar-refractivity contribution < 1.29 is 26.4 Å². The van der Waals surface area contributed by atoms with E-state index in [1.807, 2.05) is 0 Å². The van der Waals surface area contributed by atoms with Crippen LogP contribution in [-0.4, -0.2) is 60.3 Å². The van der Waals surface area contributed by atoms with Crippen molar-refractivity contribution in [3.63, 3.8) is 0 Å². The molecule has 1 aliphatic heterocycles. The molecular weight excluding hydrogens is 528 g/mol. The fraction of sp³-hybridized carbons (Fsp3) is 0.462. The highest BCUT2D eigenvalue weighted by Crippen LogP contribution is 2.31. The summed E-state index contributed by atoms with van der Waals surface area (Å²) in [6, 6.07) is 9.78. The van der Waals surface area contributed by atoms with E-state index in [1.165, 1.54) is 48.3 Å². The van der Waals surface area contributed by atoms with Crippen LogP contribution in [0.3, 0.4) is 0 Å². The number of nitrogens with two attached hydrogens (primary N) is 1. The zero-order valence-corrected chi connectivity index (χ0v) is 23.6. The van der Waals surface area contributed by atoms with E-state index in [-0.39, 0.29) is 27.8 Å². The summed E-state index contributed by atoms with van der Waals surface area (Å²) in [5.41, 5.74) is 6.78. The van der Waals surface area contributed by atoms with E-state index in [0.29, 0.717) is 30.8 Å². The first-order valence-corrected chi connectivity index (χ1v) is 16.1. The maximum absolute atomic E-state index is 13.2. The largest absolute Gasteiger partial charge is 0.322 e. The Bertz CT molecular complexity index is 1370. The maximum Gasteiger partial charge on any atom is 0.257 e. The number of nitrogens with one attached hydrogen (secondary N) is 1. The lowest BCUT2D eigenvalue weighted by atomic mass is 10.1. The first-order chi connectivity index (χ1) is 17.8. The molecule has 38 heavy (non-hydrogen) atoms. The summed E-state index contributed by atoms with van der Waals surface area (Å²) in [6.45, 7) is 2.49. The molecule has 1 atom stereocenters. The van der Waals surface area contributed by atoms with E-state index in [2.05, 4.69) is 12.2 Å². The second-order valence-electron chi connectivity index (χ2n) is 9.53. The quantitative estimate of drug-likeness (QED) is 0.377. The molecule has 0 aliphatic carbocycles. The predicted octanol–water partition coefficient (Wildman–Crippen LogP) is 3.14. The van der Waals surface area contributed by atoms with Crippen LogP contribution >= 0.6 is 0 Å². The van der Waals surface area contributed by atoms with Crippen LogP contribution in [0.1, 0.15) is 55.8 Å². The molecule has 1 heterocycles. The van der Waals surface area contributed by atoms with Crippen molar-refractivity contribution in [2.75, 3.05) is 40.1 Å². The van der Waals surface area contributed by atoms with Gasteiger partial charge in [-0.1, -0.05) is 32.6 Å². The van der Waals surface area contributed by atoms with Crippen LogP contribution in [0.25, 0.3) is 0 Å². The number of carbonyl (C=O) groups is 2. The number of hydrogen-bond donors (Lipinski definition) is 2. The lowest BCUT2D eigenvalue weighted by molar-refractivity contribution is -0.118. The molecular formula is C26H36N4O6S2. The van der Waals surface area contributed by atoms with E-state index in [0.717, 1.165) is 36.2 Å². The van der Waals surface area contributed by atoms with Crippen molar-refractivity contribution >= 4 is 48.7 Å². The molecule has 10 nitrogen and oxygen atoms in total. The normalized spacial score (nSPS) is 16.1. The van der Waals surface area contributed by atoms with Crippen molar-refractivity contribution in [1.29, 1.82) is 0 Å². The molecule has 0 radical (unpaired) electrons. The Morgan fingerprint density at radius 2 is 1.71 bits per heavy atom. The molecule has 1 aliphatic rings. The van der Waals surface area contributed by atoms with Crippen molar-refractivity contribution in [2.24, 2.45) is 5.73 Å². The number of amides is 2. The van der Waals surface area contributed by atoms with Gasteiger partial charge in [0.05, 0.1) is 34.2 Å². The number of benzene rings is 2. The summed E-state index contributed by atoms with van der Waals surface area (Å²) in [7, 11) is -5.83. The molecule has 0 spiro atoms. The van der Waals surface area contributed by atoms with Crippen LogP contribution in [-0.2, 0) is 24.7 Å². The Labute approximate surface area is 225 Å². The number of rotatable bonds is 12. The third kappa shape index (κ3) is 7.12. The zero-order valence-electron chi connectivity index (χ0n) is 22.0. The minimum Gasteiger partial charge on any atom is -0.322 e. The number of hydrogen-bond acceptors (Lipinski definition) is 7. The molecule has 1 fully saturated rings. The Balaban J connectivity index is 1.80. The number of unbranched alkanes of at least 4 members (excludes halogenated alkanes) is 4. The highest BCUT2D eigenvalue weighted by Gasteiger charge is 2.31. The highest BCUT2D eigenvalue weighted by atomic mass is 32.2. The predicted molar refractivity (Wildman–Crippen MR) is 150 cm³/mol. The topological polar surface area (TPSA) is 147 Å². The van der Waals surface area contributed by atoms with E-state index in [9.17, 15) is 26.4 Å². The van der Waals surface area contributed by atoms with Gasteiger partial charge in [-0.25, -0.2) is 16.8 Å². The van der Waals surface area contributed by atoms with Gasteiger partial charge in [0.25, 0.3) is 5.91 Å². The number of sulfonamides is 1. The number of anilines is 3. The summed E-state index contributed by atoms with van der Waals surface area (Å²) < 4.78 is 50.9. The van der Waals surface area contributed by atoms with Gasteiger partial charge >= 0.3 is 0 Å². The minimum absolute atomic E-state index is 0.0698. The average Bonchev–Trinajstić information content (AvgIpc) is 3.20. The molecule has 1 saturated heterocycles. The molecule has 0 unspecified atom stereocenters. The zero-order chi connectivity index (χ0) is 28.1. The van der Waals surface area contributed by atoms with Crippen LogP contribution in [0.15, 0.2) is 47.4 Å². The summed E-state index contributed by atoms with van der Waals surface area (Å²) in [4.78, 5) is 27.2. The summed E-state index contributed by atoms with van der Waals surface area (Å²) in [6.07, 6.45) is 6.14. The van der Waals surface area contributed by atoms with Gasteiger partial charge in [0.15, 0.2) is 9.84 Å². The molecule has 0 saturated carbocycles. The second kappa shape index (κ2) is 12.3. The molecule has 12 heteroatoms. The summed E-state index contributed by atoms with van der Waals surface area (Å²) in [5, 5.41) is 2.70. The van der Waals surface area contributed by atoms with Crippen LogP contribution in [0.2, 0.25) is 0 Å². The summed E-state index contributed by atoms with van der Waals surface area (Å²) in [5.74, 6) is -0.787. The lowest BCUT2D eigenvalue weighted by Crippen LogP contribution is -2.34. The van der Waals surface area contributed by atoms with Gasteiger partial charge < -0.3 is 16.0 Å². The average molecular weight is 565 g/mol. The van der Waals surface area contributed by atoms with Gasteiger partial charge in [0.2, 0.25) is 15.9 Å². The Morgan fingerprint density at radius 3 is 2.29 bits per heavy atom. The van der Waals surface area contributed by atoms with E-state index in [1.54, 1.807) is 6.07 Å². The van der Waals surface area contributed by atoms with Crippen molar-refractivity contribution in [2.45, 2.75) is 56.4 Å². The molecule has 2 amide bonds. The van der Waals surface area contributed by atoms with Crippen LogP contribution in [0.4, 0.5) is 17.1 Å². The second-order valence-corrected chi connectivity index (χ2v) is 13.7. The highest BCUT2D eigenvalue weighted by molar-refractivity contribution is 7.92. The summed E-state index contributed by atoms with van der Waals surface area (Å²) >= 11 is 0. The smallest absolute Gasteiger partial charge is 0.257 e. The fourth-order valence-corrected chi connectivity index (χ4v) is 6.11. The lowest BCUT2D eigenvalue weighted by Gasteiger charge is -2.23. The third-order valence-corrected chi connectivity index (χ3v) is 9.62. The third-order valence-electron chi connectivity index (χ3n) is 6.61. The maximum atomic E-state index is 13.2. The van der Waals surface area contributed by atoms with Crippen LogP contribution < -0.4 is 20.3 Å². The SMILES string of the molecule is CCCCCCCS(=O)(=O)c1ccc(NC(=O)c2ccc(N3CC[C@@H](N)C3=O)cc2N(C)S(C)(=O)=O)cc1. The van der Waals surface area contributed by atoms with Crippen molar-refractivity contribution in [1.82, 2.24) is 0 Å².